The van der Waals surface area contributed by atoms with E-state index in [0.29, 0.717) is 19.3 Å². The number of esters is 1. The minimum atomic E-state index is -4.95. The summed E-state index contributed by atoms with van der Waals surface area (Å²) in [5, 5.41) is 29.4. The van der Waals surface area contributed by atoms with E-state index in [1.165, 1.54) is 37.3 Å². The molecule has 0 amide bonds. The van der Waals surface area contributed by atoms with E-state index in [1.807, 2.05) is 0 Å². The average molecular weight is 432 g/mol. The van der Waals surface area contributed by atoms with Gasteiger partial charge in [0.2, 0.25) is 0 Å². The van der Waals surface area contributed by atoms with E-state index in [9.17, 15) is 19.6 Å². The van der Waals surface area contributed by atoms with Crippen LogP contribution in [0.25, 0.3) is 0 Å². The van der Waals surface area contributed by atoms with E-state index < -0.39 is 31.7 Å². The Hall–Kier alpha value is -1.58. The minimum Gasteiger partial charge on any atom is -0.458 e. The molecule has 5 N–H and O–H groups in total. The standard InChI is InChI=1S/C19H29O9P/c1-19(23,12-11-16-9-7-10-18(22)27-16)17(28-29(24,25)26)14-15(21)8-5-3-2-4-6-13-20/h2-6,8,11-12,15-17,20-21,23H,7,9-10,13-14H2,1H3,(H2,24,25,26)/b3-2-,6-4+,8-5-,12-11+/t15-,16?,17+,19+/m0/s1. The normalized spacial score (nSPS) is 23.1. The van der Waals surface area contributed by atoms with Crippen molar-refractivity contribution in [3.63, 3.8) is 0 Å². The number of ether oxygens (including phenoxy) is 1. The van der Waals surface area contributed by atoms with Gasteiger partial charge in [-0.3, -0.25) is 9.32 Å². The molecule has 1 rings (SSSR count). The zero-order chi connectivity index (χ0) is 21.9. The molecule has 0 bridgehead atoms. The Balaban J connectivity index is 2.82. The molecule has 1 heterocycles. The third kappa shape index (κ3) is 11.3. The van der Waals surface area contributed by atoms with Gasteiger partial charge < -0.3 is 29.8 Å². The van der Waals surface area contributed by atoms with Gasteiger partial charge in [-0.25, -0.2) is 4.57 Å². The fraction of sp³-hybridized carbons (Fsp3) is 0.526. The second-order valence-corrected chi connectivity index (χ2v) is 7.97. The molecule has 1 saturated heterocycles. The van der Waals surface area contributed by atoms with Crippen molar-refractivity contribution >= 4 is 13.8 Å². The summed E-state index contributed by atoms with van der Waals surface area (Å²) in [5.74, 6) is -0.351. The summed E-state index contributed by atoms with van der Waals surface area (Å²) in [6, 6.07) is 0. The smallest absolute Gasteiger partial charge is 0.458 e. The molecule has 0 aromatic carbocycles. The lowest BCUT2D eigenvalue weighted by atomic mass is 9.92. The Morgan fingerprint density at radius 3 is 2.62 bits per heavy atom. The van der Waals surface area contributed by atoms with Crippen LogP contribution in [0.2, 0.25) is 0 Å². The molecule has 0 aromatic rings. The Morgan fingerprint density at radius 1 is 1.31 bits per heavy atom. The summed E-state index contributed by atoms with van der Waals surface area (Å²) in [5.41, 5.74) is -1.85. The maximum absolute atomic E-state index is 11.3. The van der Waals surface area contributed by atoms with E-state index in [0.717, 1.165) is 0 Å². The molecule has 9 nitrogen and oxygen atoms in total. The van der Waals surface area contributed by atoms with Gasteiger partial charge in [0.25, 0.3) is 0 Å². The third-order valence-electron chi connectivity index (χ3n) is 4.08. The van der Waals surface area contributed by atoms with Crippen LogP contribution in [-0.2, 0) is 18.6 Å². The van der Waals surface area contributed by atoms with Crippen LogP contribution < -0.4 is 0 Å². The maximum Gasteiger partial charge on any atom is 0.469 e. The molecule has 0 aromatic heterocycles. The van der Waals surface area contributed by atoms with Crippen LogP contribution in [0.1, 0.15) is 32.6 Å². The molecule has 29 heavy (non-hydrogen) atoms. The van der Waals surface area contributed by atoms with Crippen LogP contribution >= 0.6 is 7.82 Å². The number of allylic oxidation sites excluding steroid dienone is 4. The topological polar surface area (TPSA) is 154 Å². The summed E-state index contributed by atoms with van der Waals surface area (Å²) in [4.78, 5) is 29.7. The van der Waals surface area contributed by atoms with Crippen molar-refractivity contribution in [2.24, 2.45) is 0 Å². The molecular formula is C19H29O9P. The fourth-order valence-electron chi connectivity index (χ4n) is 2.59. The fourth-order valence-corrected chi connectivity index (χ4v) is 3.22. The van der Waals surface area contributed by atoms with Crippen molar-refractivity contribution in [3.8, 4) is 0 Å². The number of aliphatic hydroxyl groups excluding tert-OH is 2. The molecular weight excluding hydrogens is 403 g/mol. The summed E-state index contributed by atoms with van der Waals surface area (Å²) in [6.45, 7) is 1.19. The number of aliphatic hydroxyl groups is 3. The lowest BCUT2D eigenvalue weighted by Gasteiger charge is -2.31. The van der Waals surface area contributed by atoms with E-state index in [4.69, 9.17) is 24.2 Å². The molecule has 0 radical (unpaired) electrons. The number of rotatable bonds is 11. The van der Waals surface area contributed by atoms with Gasteiger partial charge in [0.05, 0.1) is 12.7 Å². The van der Waals surface area contributed by atoms with Gasteiger partial charge in [0, 0.05) is 12.8 Å². The largest absolute Gasteiger partial charge is 0.469 e. The van der Waals surface area contributed by atoms with Gasteiger partial charge in [-0.1, -0.05) is 42.5 Å². The SMILES string of the molecule is C[C@@](O)(/C=C/C1CCCC(=O)O1)[C@@H](C[C@@H](O)\C=C/C=C\C=C\CO)OP(=O)(O)O. The van der Waals surface area contributed by atoms with E-state index >= 15 is 0 Å². The summed E-state index contributed by atoms with van der Waals surface area (Å²) in [6.07, 6.45) is 10.00. The van der Waals surface area contributed by atoms with Crippen LogP contribution in [0, 0.1) is 0 Å². The molecule has 164 valence electrons. The highest BCUT2D eigenvalue weighted by molar-refractivity contribution is 7.46. The van der Waals surface area contributed by atoms with Crippen molar-refractivity contribution in [2.45, 2.75) is 56.5 Å². The van der Waals surface area contributed by atoms with Gasteiger partial charge in [0.15, 0.2) is 0 Å². The Bertz CT molecular complexity index is 675. The monoisotopic (exact) mass is 432 g/mol. The van der Waals surface area contributed by atoms with Gasteiger partial charge in [0.1, 0.15) is 17.8 Å². The minimum absolute atomic E-state index is 0.0965. The van der Waals surface area contributed by atoms with Crippen molar-refractivity contribution in [1.82, 2.24) is 0 Å². The van der Waals surface area contributed by atoms with Gasteiger partial charge in [-0.15, -0.1) is 0 Å². The highest BCUT2D eigenvalue weighted by atomic mass is 31.2. The molecule has 1 unspecified atom stereocenters. The number of hydrogen-bond acceptors (Lipinski definition) is 7. The van der Waals surface area contributed by atoms with Crippen LogP contribution in [0.4, 0.5) is 0 Å². The average Bonchev–Trinajstić information content (AvgIpc) is 2.61. The van der Waals surface area contributed by atoms with Crippen molar-refractivity contribution in [1.29, 1.82) is 0 Å². The van der Waals surface area contributed by atoms with Crippen LogP contribution in [0.3, 0.4) is 0 Å². The molecule has 1 aliphatic heterocycles. The predicted octanol–water partition coefficient (Wildman–Crippen LogP) is 1.28. The highest BCUT2D eigenvalue weighted by Gasteiger charge is 2.37. The molecule has 1 fully saturated rings. The van der Waals surface area contributed by atoms with E-state index in [-0.39, 0.29) is 19.0 Å². The first-order valence-electron chi connectivity index (χ1n) is 9.17. The lowest BCUT2D eigenvalue weighted by Crippen LogP contribution is -2.41. The van der Waals surface area contributed by atoms with Gasteiger partial charge in [-0.2, -0.15) is 0 Å². The lowest BCUT2D eigenvalue weighted by molar-refractivity contribution is -0.150. The summed E-state index contributed by atoms with van der Waals surface area (Å²) < 4.78 is 21.1. The number of phosphoric acid groups is 1. The molecule has 1 aliphatic rings. The van der Waals surface area contributed by atoms with E-state index in [1.54, 1.807) is 18.2 Å². The number of hydrogen-bond donors (Lipinski definition) is 5. The molecule has 0 spiro atoms. The first-order valence-corrected chi connectivity index (χ1v) is 10.7. The zero-order valence-electron chi connectivity index (χ0n) is 16.2. The predicted molar refractivity (Wildman–Crippen MR) is 106 cm³/mol. The zero-order valence-corrected chi connectivity index (χ0v) is 17.1. The molecule has 0 aliphatic carbocycles. The van der Waals surface area contributed by atoms with Crippen LogP contribution in [-0.4, -0.2) is 61.6 Å². The number of phosphoric ester groups is 1. The Kier molecular flexibility index (Phi) is 10.7. The quantitative estimate of drug-likeness (QED) is 0.141. The first-order chi connectivity index (χ1) is 13.5. The summed E-state index contributed by atoms with van der Waals surface area (Å²) >= 11 is 0. The van der Waals surface area contributed by atoms with Crippen LogP contribution in [0.15, 0.2) is 48.6 Å². The Labute approximate surface area is 169 Å². The van der Waals surface area contributed by atoms with Crippen molar-refractivity contribution in [2.75, 3.05) is 6.61 Å². The number of cyclic esters (lactones) is 1. The number of carbonyl (C=O) groups excluding carboxylic acids is 1. The molecule has 0 saturated carbocycles. The van der Waals surface area contributed by atoms with Crippen molar-refractivity contribution < 1.29 is 43.7 Å². The second kappa shape index (κ2) is 12.2. The Morgan fingerprint density at radius 2 is 2.00 bits per heavy atom. The van der Waals surface area contributed by atoms with Gasteiger partial charge >= 0.3 is 13.8 Å². The molecule has 10 heteroatoms. The van der Waals surface area contributed by atoms with Crippen molar-refractivity contribution in [3.05, 3.63) is 48.6 Å². The maximum atomic E-state index is 11.3. The first kappa shape index (κ1) is 25.5. The third-order valence-corrected chi connectivity index (χ3v) is 4.61. The van der Waals surface area contributed by atoms with Gasteiger partial charge in [-0.05, 0) is 25.8 Å². The van der Waals surface area contributed by atoms with E-state index in [2.05, 4.69) is 0 Å². The highest BCUT2D eigenvalue weighted by Crippen LogP contribution is 2.41. The van der Waals surface area contributed by atoms with Crippen LogP contribution in [0.5, 0.6) is 0 Å². The summed E-state index contributed by atoms with van der Waals surface area (Å²) in [7, 11) is -4.95. The second-order valence-electron chi connectivity index (χ2n) is 6.77. The number of carbonyl (C=O) groups is 1. The molecule has 4 atom stereocenters.